The van der Waals surface area contributed by atoms with E-state index in [9.17, 15) is 13.6 Å². The molecular weight excluding hydrogens is 376 g/mol. The van der Waals surface area contributed by atoms with Crippen LogP contribution in [-0.2, 0) is 0 Å². The van der Waals surface area contributed by atoms with E-state index in [1.165, 1.54) is 0 Å². The quantitative estimate of drug-likeness (QED) is 0.655. The first-order chi connectivity index (χ1) is 13.9. The number of carbonyl (C=O) groups excluding carboxylic acids is 1. The van der Waals surface area contributed by atoms with Gasteiger partial charge in [0.15, 0.2) is 0 Å². The van der Waals surface area contributed by atoms with Gasteiger partial charge in [0.1, 0.15) is 11.5 Å². The largest absolute Gasteiger partial charge is 0.496 e. The van der Waals surface area contributed by atoms with Gasteiger partial charge in [0.05, 0.1) is 19.8 Å². The van der Waals surface area contributed by atoms with Crippen molar-refractivity contribution in [1.82, 2.24) is 5.32 Å². The number of alkyl halides is 2. The number of methoxy groups -OCH3 is 2. The average molecular weight is 397 g/mol. The molecule has 3 aromatic carbocycles. The van der Waals surface area contributed by atoms with Crippen LogP contribution >= 0.6 is 0 Å². The van der Waals surface area contributed by atoms with Crippen LogP contribution < -0.4 is 14.8 Å². The van der Waals surface area contributed by atoms with Gasteiger partial charge in [0.2, 0.25) is 0 Å². The lowest BCUT2D eigenvalue weighted by molar-refractivity contribution is -0.0901. The van der Waals surface area contributed by atoms with E-state index in [-0.39, 0.29) is 18.7 Å². The SMILES string of the molecule is COc1cccc(OC)c1-c1ccc2cc(C(=O)NC3CC(F)(F)C3)ccc2c1. The van der Waals surface area contributed by atoms with Gasteiger partial charge in [-0.2, -0.15) is 0 Å². The highest BCUT2D eigenvalue weighted by Gasteiger charge is 2.45. The molecule has 1 aliphatic rings. The number of amides is 1. The number of ether oxygens (including phenoxy) is 2. The summed E-state index contributed by atoms with van der Waals surface area (Å²) in [5.41, 5.74) is 2.24. The number of fused-ring (bicyclic) bond motifs is 1. The number of hydrogen-bond donors (Lipinski definition) is 1. The fraction of sp³-hybridized carbons (Fsp3) is 0.261. The molecule has 4 rings (SSSR count). The van der Waals surface area contributed by atoms with Crippen molar-refractivity contribution in [1.29, 1.82) is 0 Å². The van der Waals surface area contributed by atoms with E-state index in [0.717, 1.165) is 21.9 Å². The smallest absolute Gasteiger partial charge is 0.252 e. The minimum atomic E-state index is -2.66. The van der Waals surface area contributed by atoms with Crippen molar-refractivity contribution in [2.45, 2.75) is 24.8 Å². The van der Waals surface area contributed by atoms with Crippen molar-refractivity contribution < 1.29 is 23.0 Å². The molecule has 6 heteroatoms. The zero-order valence-electron chi connectivity index (χ0n) is 16.2. The van der Waals surface area contributed by atoms with E-state index in [1.807, 2.05) is 42.5 Å². The molecule has 150 valence electrons. The van der Waals surface area contributed by atoms with Crippen LogP contribution in [0.5, 0.6) is 11.5 Å². The minimum absolute atomic E-state index is 0.295. The lowest BCUT2D eigenvalue weighted by Gasteiger charge is -2.35. The molecule has 0 radical (unpaired) electrons. The molecule has 0 saturated heterocycles. The summed E-state index contributed by atoms with van der Waals surface area (Å²) < 4.78 is 36.9. The summed E-state index contributed by atoms with van der Waals surface area (Å²) >= 11 is 0. The lowest BCUT2D eigenvalue weighted by Crippen LogP contribution is -2.50. The summed E-state index contributed by atoms with van der Waals surface area (Å²) in [6, 6.07) is 16.3. The van der Waals surface area contributed by atoms with E-state index in [4.69, 9.17) is 9.47 Å². The Kier molecular flexibility index (Phi) is 4.86. The van der Waals surface area contributed by atoms with E-state index < -0.39 is 12.0 Å². The molecule has 1 aliphatic carbocycles. The van der Waals surface area contributed by atoms with Gasteiger partial charge in [-0.15, -0.1) is 0 Å². The number of nitrogens with one attached hydrogen (secondary N) is 1. The normalized spacial score (nSPS) is 15.6. The number of hydrogen-bond acceptors (Lipinski definition) is 3. The monoisotopic (exact) mass is 397 g/mol. The highest BCUT2D eigenvalue weighted by atomic mass is 19.3. The van der Waals surface area contributed by atoms with Crippen molar-refractivity contribution in [2.75, 3.05) is 14.2 Å². The van der Waals surface area contributed by atoms with E-state index >= 15 is 0 Å². The van der Waals surface area contributed by atoms with Crippen LogP contribution in [0.3, 0.4) is 0 Å². The Balaban J connectivity index is 1.62. The van der Waals surface area contributed by atoms with Gasteiger partial charge >= 0.3 is 0 Å². The molecule has 1 N–H and O–H groups in total. The van der Waals surface area contributed by atoms with Crippen LogP contribution in [0.2, 0.25) is 0 Å². The average Bonchev–Trinajstić information content (AvgIpc) is 2.70. The van der Waals surface area contributed by atoms with Crippen LogP contribution in [0.15, 0.2) is 54.6 Å². The number of carbonyl (C=O) groups is 1. The Morgan fingerprint density at radius 2 is 1.59 bits per heavy atom. The Labute approximate surface area is 167 Å². The third-order valence-corrected chi connectivity index (χ3v) is 5.24. The second kappa shape index (κ2) is 7.35. The highest BCUT2D eigenvalue weighted by molar-refractivity contribution is 5.99. The molecule has 0 bridgehead atoms. The van der Waals surface area contributed by atoms with Crippen LogP contribution in [0, 0.1) is 0 Å². The Morgan fingerprint density at radius 3 is 2.21 bits per heavy atom. The van der Waals surface area contributed by atoms with Gasteiger partial charge in [-0.1, -0.05) is 24.3 Å². The molecule has 1 fully saturated rings. The predicted molar refractivity (Wildman–Crippen MR) is 108 cm³/mol. The van der Waals surface area contributed by atoms with Gasteiger partial charge in [0.25, 0.3) is 11.8 Å². The first-order valence-electron chi connectivity index (χ1n) is 9.34. The molecular formula is C23H21F2NO3. The fourth-order valence-electron chi connectivity index (χ4n) is 3.71. The van der Waals surface area contributed by atoms with E-state index in [0.29, 0.717) is 17.1 Å². The van der Waals surface area contributed by atoms with Crippen molar-refractivity contribution in [3.8, 4) is 22.6 Å². The number of benzene rings is 3. The van der Waals surface area contributed by atoms with Gasteiger partial charge in [-0.05, 0) is 46.7 Å². The summed E-state index contributed by atoms with van der Waals surface area (Å²) in [4.78, 5) is 12.4. The zero-order valence-corrected chi connectivity index (χ0v) is 16.2. The summed E-state index contributed by atoms with van der Waals surface area (Å²) in [6.07, 6.45) is -0.590. The highest BCUT2D eigenvalue weighted by Crippen LogP contribution is 2.39. The van der Waals surface area contributed by atoms with Gasteiger partial charge in [-0.3, -0.25) is 4.79 Å². The van der Waals surface area contributed by atoms with Gasteiger partial charge < -0.3 is 14.8 Å². The standard InChI is InChI=1S/C23H21F2NO3/c1-28-19-4-3-5-20(29-2)21(19)16-8-6-15-11-17(9-7-14(15)10-16)22(27)26-18-12-23(24,25)13-18/h3-11,18H,12-13H2,1-2H3,(H,26,27). The third kappa shape index (κ3) is 3.75. The maximum absolute atomic E-state index is 13.0. The topological polar surface area (TPSA) is 47.6 Å². The number of halogens is 2. The maximum Gasteiger partial charge on any atom is 0.252 e. The summed E-state index contributed by atoms with van der Waals surface area (Å²) in [7, 11) is 3.23. The van der Waals surface area contributed by atoms with Crippen LogP contribution in [0.4, 0.5) is 8.78 Å². The van der Waals surface area contributed by atoms with Crippen LogP contribution in [0.25, 0.3) is 21.9 Å². The molecule has 1 saturated carbocycles. The molecule has 0 heterocycles. The number of rotatable bonds is 5. The van der Waals surface area contributed by atoms with Crippen molar-refractivity contribution >= 4 is 16.7 Å². The molecule has 3 aromatic rings. The maximum atomic E-state index is 13.0. The Hall–Kier alpha value is -3.15. The summed E-state index contributed by atoms with van der Waals surface area (Å²) in [5, 5.41) is 4.50. The lowest BCUT2D eigenvalue weighted by atomic mass is 9.88. The van der Waals surface area contributed by atoms with E-state index in [2.05, 4.69) is 5.32 Å². The van der Waals surface area contributed by atoms with Crippen LogP contribution in [-0.4, -0.2) is 32.1 Å². The molecule has 0 atom stereocenters. The molecule has 0 unspecified atom stereocenters. The Morgan fingerprint density at radius 1 is 0.966 bits per heavy atom. The Bertz CT molecular complexity index is 1050. The van der Waals surface area contributed by atoms with E-state index in [1.54, 1.807) is 26.4 Å². The second-order valence-corrected chi connectivity index (χ2v) is 7.25. The molecule has 0 aliphatic heterocycles. The summed E-state index contributed by atoms with van der Waals surface area (Å²) in [5.74, 6) is -1.58. The van der Waals surface area contributed by atoms with Gasteiger partial charge in [-0.25, -0.2) is 8.78 Å². The summed E-state index contributed by atoms with van der Waals surface area (Å²) in [6.45, 7) is 0. The molecule has 4 nitrogen and oxygen atoms in total. The van der Waals surface area contributed by atoms with Crippen molar-refractivity contribution in [2.24, 2.45) is 0 Å². The second-order valence-electron chi connectivity index (χ2n) is 7.25. The first kappa shape index (κ1) is 19.2. The van der Waals surface area contributed by atoms with Crippen molar-refractivity contribution in [3.05, 3.63) is 60.2 Å². The molecule has 29 heavy (non-hydrogen) atoms. The minimum Gasteiger partial charge on any atom is -0.496 e. The zero-order chi connectivity index (χ0) is 20.6. The molecule has 0 spiro atoms. The third-order valence-electron chi connectivity index (χ3n) is 5.24. The van der Waals surface area contributed by atoms with Crippen molar-refractivity contribution in [3.63, 3.8) is 0 Å². The fourth-order valence-corrected chi connectivity index (χ4v) is 3.71. The van der Waals surface area contributed by atoms with Crippen LogP contribution in [0.1, 0.15) is 23.2 Å². The first-order valence-corrected chi connectivity index (χ1v) is 9.34. The predicted octanol–water partition coefficient (Wildman–Crippen LogP) is 5.05. The van der Waals surface area contributed by atoms with Gasteiger partial charge in [0, 0.05) is 24.4 Å². The molecule has 1 amide bonds. The molecule has 0 aromatic heterocycles.